The first-order chi connectivity index (χ1) is 15.2. The van der Waals surface area contributed by atoms with Crippen molar-refractivity contribution in [3.8, 4) is 0 Å². The number of aromatic nitrogens is 3. The van der Waals surface area contributed by atoms with Crippen LogP contribution in [0.1, 0.15) is 22.9 Å². The van der Waals surface area contributed by atoms with Gasteiger partial charge in [-0.2, -0.15) is 0 Å². The number of hydrogen-bond acceptors (Lipinski definition) is 4. The van der Waals surface area contributed by atoms with E-state index in [1.54, 1.807) is 6.33 Å². The molecule has 162 valence electrons. The molecule has 0 amide bonds. The van der Waals surface area contributed by atoms with Crippen LogP contribution in [0.2, 0.25) is 5.02 Å². The van der Waals surface area contributed by atoms with Gasteiger partial charge < -0.3 is 15.2 Å². The third-order valence-corrected chi connectivity index (χ3v) is 5.74. The number of aryl methyl sites for hydroxylation is 1. The molecule has 1 aliphatic heterocycles. The van der Waals surface area contributed by atoms with E-state index in [0.717, 1.165) is 40.3 Å². The van der Waals surface area contributed by atoms with Gasteiger partial charge in [0.15, 0.2) is 0 Å². The summed E-state index contributed by atoms with van der Waals surface area (Å²) in [5, 5.41) is 5.06. The van der Waals surface area contributed by atoms with Crippen molar-refractivity contribution < 1.29 is 0 Å². The van der Waals surface area contributed by atoms with Crippen molar-refractivity contribution in [1.82, 2.24) is 19.9 Å². The lowest BCUT2D eigenvalue weighted by Crippen LogP contribution is -2.24. The van der Waals surface area contributed by atoms with Crippen molar-refractivity contribution in [2.45, 2.75) is 19.5 Å². The number of fused-ring (bicyclic) bond motifs is 1. The molecule has 32 heavy (non-hydrogen) atoms. The Labute approximate surface area is 202 Å². The number of aromatic amines is 1. The maximum atomic E-state index is 6.15. The van der Waals surface area contributed by atoms with Crippen molar-refractivity contribution in [2.75, 3.05) is 5.32 Å². The van der Waals surface area contributed by atoms with Crippen LogP contribution < -0.4 is 5.32 Å². The zero-order valence-electron chi connectivity index (χ0n) is 17.5. The molecule has 5 rings (SSSR count). The lowest BCUT2D eigenvalue weighted by molar-refractivity contribution is 0.308. The molecule has 0 saturated carbocycles. The Kier molecular flexibility index (Phi) is 6.63. The number of halogens is 2. The number of allylic oxidation sites excluding steroid dienone is 2. The fourth-order valence-electron chi connectivity index (χ4n) is 4.03. The largest absolute Gasteiger partial charge is 0.361 e. The number of H-pyrrole nitrogens is 1. The van der Waals surface area contributed by atoms with E-state index >= 15 is 0 Å². The molecule has 1 aliphatic rings. The van der Waals surface area contributed by atoms with Gasteiger partial charge in [0.1, 0.15) is 17.8 Å². The van der Waals surface area contributed by atoms with Crippen molar-refractivity contribution in [2.24, 2.45) is 0 Å². The summed E-state index contributed by atoms with van der Waals surface area (Å²) in [6.45, 7) is 2.94. The maximum Gasteiger partial charge on any atom is 0.143 e. The van der Waals surface area contributed by atoms with E-state index in [1.807, 2.05) is 30.3 Å². The normalized spacial score (nSPS) is 15.1. The van der Waals surface area contributed by atoms with E-state index in [1.165, 1.54) is 5.56 Å². The first kappa shape index (κ1) is 22.1. The van der Waals surface area contributed by atoms with Gasteiger partial charge in [-0.25, -0.2) is 9.97 Å². The highest BCUT2D eigenvalue weighted by Crippen LogP contribution is 2.35. The van der Waals surface area contributed by atoms with Crippen molar-refractivity contribution >= 4 is 51.1 Å². The highest BCUT2D eigenvalue weighted by molar-refractivity contribution is 8.93. The average Bonchev–Trinajstić information content (AvgIpc) is 3.12. The average molecular weight is 509 g/mol. The molecular formula is C25H23BrClN5. The highest BCUT2D eigenvalue weighted by Gasteiger charge is 2.24. The Morgan fingerprint density at radius 3 is 2.72 bits per heavy atom. The fraction of sp³-hybridized carbons (Fsp3) is 0.120. The summed E-state index contributed by atoms with van der Waals surface area (Å²) in [4.78, 5) is 14.9. The van der Waals surface area contributed by atoms with E-state index in [0.29, 0.717) is 5.02 Å². The molecule has 0 spiro atoms. The van der Waals surface area contributed by atoms with Gasteiger partial charge in [0, 0.05) is 29.1 Å². The van der Waals surface area contributed by atoms with Gasteiger partial charge in [0.25, 0.3) is 0 Å². The summed E-state index contributed by atoms with van der Waals surface area (Å²) in [6, 6.07) is 18.2. The molecule has 2 aromatic heterocycles. The molecule has 1 unspecified atom stereocenters. The summed E-state index contributed by atoms with van der Waals surface area (Å²) < 4.78 is 0. The van der Waals surface area contributed by atoms with Crippen LogP contribution in [0.25, 0.3) is 11.0 Å². The molecule has 0 fully saturated rings. The number of nitrogens with one attached hydrogen (secondary N) is 2. The molecule has 1 atom stereocenters. The van der Waals surface area contributed by atoms with E-state index in [2.05, 4.69) is 80.8 Å². The number of hydrogen-bond donors (Lipinski definition) is 2. The van der Waals surface area contributed by atoms with Crippen molar-refractivity contribution in [1.29, 1.82) is 0 Å². The summed E-state index contributed by atoms with van der Waals surface area (Å²) in [5.74, 6) is 0.761. The van der Waals surface area contributed by atoms with Crippen LogP contribution in [0.5, 0.6) is 0 Å². The Morgan fingerprint density at radius 2 is 1.91 bits per heavy atom. The summed E-state index contributed by atoms with van der Waals surface area (Å²) in [7, 11) is 0. The van der Waals surface area contributed by atoms with Gasteiger partial charge in [-0.1, -0.05) is 60.2 Å². The number of rotatable bonds is 5. The predicted molar refractivity (Wildman–Crippen MR) is 137 cm³/mol. The smallest absolute Gasteiger partial charge is 0.143 e. The minimum Gasteiger partial charge on any atom is -0.361 e. The van der Waals surface area contributed by atoms with E-state index in [-0.39, 0.29) is 23.0 Å². The quantitative estimate of drug-likeness (QED) is 0.309. The monoisotopic (exact) mass is 507 g/mol. The highest BCUT2D eigenvalue weighted by atomic mass is 79.9. The Morgan fingerprint density at radius 1 is 1.06 bits per heavy atom. The summed E-state index contributed by atoms with van der Waals surface area (Å²) in [6.07, 6.45) is 10.1. The second kappa shape index (κ2) is 9.59. The first-order valence-corrected chi connectivity index (χ1v) is 10.6. The maximum absolute atomic E-state index is 6.15. The van der Waals surface area contributed by atoms with Crippen LogP contribution in [-0.2, 0) is 6.54 Å². The molecular weight excluding hydrogens is 486 g/mol. The van der Waals surface area contributed by atoms with Crippen LogP contribution in [-0.4, -0.2) is 19.9 Å². The third-order valence-electron chi connectivity index (χ3n) is 5.51. The van der Waals surface area contributed by atoms with Crippen LogP contribution in [0.3, 0.4) is 0 Å². The Hall–Kier alpha value is -3.09. The molecule has 0 aliphatic carbocycles. The lowest BCUT2D eigenvalue weighted by atomic mass is 10.0. The van der Waals surface area contributed by atoms with E-state index in [9.17, 15) is 0 Å². The minimum atomic E-state index is 0. The Balaban J connectivity index is 0.00000245. The van der Waals surface area contributed by atoms with Crippen LogP contribution in [0, 0.1) is 6.92 Å². The molecule has 5 nitrogen and oxygen atoms in total. The molecule has 4 aromatic rings. The van der Waals surface area contributed by atoms with Crippen LogP contribution in [0.4, 0.5) is 11.5 Å². The second-order valence-corrected chi connectivity index (χ2v) is 8.01. The number of nitrogens with zero attached hydrogens (tertiary/aromatic N) is 3. The molecule has 0 bridgehead atoms. The van der Waals surface area contributed by atoms with Crippen LogP contribution >= 0.6 is 28.6 Å². The third kappa shape index (κ3) is 4.42. The minimum absolute atomic E-state index is 0. The summed E-state index contributed by atoms with van der Waals surface area (Å²) in [5.41, 5.74) is 5.21. The SMILES string of the molecule is Br.Cc1c(C2C=CC=CN2Cc2ccccc2)[nH]c2ncnc(Nc3cccc(Cl)c3)c12. The molecule has 0 radical (unpaired) electrons. The van der Waals surface area contributed by atoms with Crippen LogP contribution in [0.15, 0.2) is 85.4 Å². The first-order valence-electron chi connectivity index (χ1n) is 10.2. The second-order valence-electron chi connectivity index (χ2n) is 7.57. The van der Waals surface area contributed by atoms with Crippen molar-refractivity contribution in [3.63, 3.8) is 0 Å². The molecule has 7 heteroatoms. The summed E-state index contributed by atoms with van der Waals surface area (Å²) >= 11 is 6.15. The van der Waals surface area contributed by atoms with E-state index < -0.39 is 0 Å². The van der Waals surface area contributed by atoms with Gasteiger partial charge >= 0.3 is 0 Å². The zero-order chi connectivity index (χ0) is 21.2. The topological polar surface area (TPSA) is 56.8 Å². The van der Waals surface area contributed by atoms with E-state index in [4.69, 9.17) is 11.6 Å². The van der Waals surface area contributed by atoms with Crippen molar-refractivity contribution in [3.05, 3.63) is 107 Å². The number of benzene rings is 2. The molecule has 2 aromatic carbocycles. The molecule has 0 saturated heterocycles. The lowest BCUT2D eigenvalue weighted by Gasteiger charge is -2.30. The van der Waals surface area contributed by atoms with Gasteiger partial charge in [0.05, 0.1) is 11.4 Å². The zero-order valence-corrected chi connectivity index (χ0v) is 20.0. The fourth-order valence-corrected chi connectivity index (χ4v) is 4.22. The molecule has 3 heterocycles. The van der Waals surface area contributed by atoms with Gasteiger partial charge in [-0.3, -0.25) is 0 Å². The van der Waals surface area contributed by atoms with Gasteiger partial charge in [0.2, 0.25) is 0 Å². The van der Waals surface area contributed by atoms with Gasteiger partial charge in [-0.15, -0.1) is 17.0 Å². The Bertz CT molecular complexity index is 1280. The standard InChI is InChI=1S/C25H22ClN5.BrH/c1-17-22-24(29-20-11-7-10-19(26)14-20)27-16-28-25(22)30-23(17)21-12-5-6-13-31(21)15-18-8-3-2-4-9-18;/h2-14,16,21H,15H2,1H3,(H2,27,28,29,30);1H. The predicted octanol–water partition coefficient (Wildman–Crippen LogP) is 6.87. The van der Waals surface area contributed by atoms with Gasteiger partial charge in [-0.05, 0) is 42.3 Å². The molecule has 2 N–H and O–H groups in total. The number of anilines is 2.